The summed E-state index contributed by atoms with van der Waals surface area (Å²) >= 11 is 4.92. The molecule has 0 bridgehead atoms. The highest BCUT2D eigenvalue weighted by Crippen LogP contribution is 2.31. The Bertz CT molecular complexity index is 469. The lowest BCUT2D eigenvalue weighted by molar-refractivity contribution is 0.223. The van der Waals surface area contributed by atoms with Crippen LogP contribution in [0.2, 0.25) is 0 Å². The number of aryl methyl sites for hydroxylation is 1. The van der Waals surface area contributed by atoms with E-state index in [0.29, 0.717) is 0 Å². The first-order valence-electron chi connectivity index (χ1n) is 4.52. The average molecular weight is 284 g/mol. The van der Waals surface area contributed by atoms with Crippen LogP contribution in [-0.4, -0.2) is 10.1 Å². The molecule has 4 heteroatoms. The molecule has 78 valence electrons. The lowest BCUT2D eigenvalue weighted by atomic mass is 10.1. The Hall–Kier alpha value is -0.710. The molecule has 0 aliphatic carbocycles. The van der Waals surface area contributed by atoms with Gasteiger partial charge < -0.3 is 5.11 Å². The normalized spacial score (nSPS) is 12.7. The van der Waals surface area contributed by atoms with E-state index in [4.69, 9.17) is 0 Å². The highest BCUT2D eigenvalue weighted by molar-refractivity contribution is 9.11. The first kappa shape index (κ1) is 10.8. The number of aliphatic hydroxyl groups excluding tert-OH is 1. The van der Waals surface area contributed by atoms with Crippen molar-refractivity contribution in [3.05, 3.63) is 50.4 Å². The molecule has 1 unspecified atom stereocenters. The van der Waals surface area contributed by atoms with Crippen molar-refractivity contribution in [1.29, 1.82) is 0 Å². The van der Waals surface area contributed by atoms with Gasteiger partial charge in [0.25, 0.3) is 0 Å². The topological polar surface area (TPSA) is 33.1 Å². The fourth-order valence-electron chi connectivity index (χ4n) is 1.39. The molecule has 0 amide bonds. The fourth-order valence-corrected chi connectivity index (χ4v) is 2.82. The summed E-state index contributed by atoms with van der Waals surface area (Å²) in [5, 5.41) is 10.1. The Morgan fingerprint density at radius 3 is 2.80 bits per heavy atom. The quantitative estimate of drug-likeness (QED) is 0.918. The van der Waals surface area contributed by atoms with Gasteiger partial charge in [0.2, 0.25) is 0 Å². The van der Waals surface area contributed by atoms with Gasteiger partial charge in [0, 0.05) is 22.8 Å². The second kappa shape index (κ2) is 4.43. The fraction of sp³-hybridized carbons (Fsp3) is 0.182. The van der Waals surface area contributed by atoms with Crippen molar-refractivity contribution in [3.63, 3.8) is 0 Å². The van der Waals surface area contributed by atoms with Crippen LogP contribution in [0.25, 0.3) is 0 Å². The highest BCUT2D eigenvalue weighted by atomic mass is 79.9. The van der Waals surface area contributed by atoms with Crippen LogP contribution in [-0.2, 0) is 0 Å². The second-order valence-electron chi connectivity index (χ2n) is 3.28. The highest BCUT2D eigenvalue weighted by Gasteiger charge is 2.14. The summed E-state index contributed by atoms with van der Waals surface area (Å²) in [6.45, 7) is 1.98. The van der Waals surface area contributed by atoms with Crippen LogP contribution in [0, 0.1) is 6.92 Å². The molecule has 0 aromatic carbocycles. The Morgan fingerprint density at radius 2 is 2.20 bits per heavy atom. The van der Waals surface area contributed by atoms with E-state index in [1.807, 2.05) is 25.1 Å². The molecule has 0 aliphatic rings. The predicted octanol–water partition coefficient (Wildman–Crippen LogP) is 3.30. The van der Waals surface area contributed by atoms with E-state index in [9.17, 15) is 5.11 Å². The summed E-state index contributed by atoms with van der Waals surface area (Å²) in [6, 6.07) is 5.77. The molecule has 1 atom stereocenters. The number of aliphatic hydroxyl groups is 1. The van der Waals surface area contributed by atoms with Crippen LogP contribution in [0.3, 0.4) is 0 Å². The van der Waals surface area contributed by atoms with Gasteiger partial charge in [-0.1, -0.05) is 0 Å². The number of thiophene rings is 1. The van der Waals surface area contributed by atoms with E-state index in [1.165, 1.54) is 11.3 Å². The van der Waals surface area contributed by atoms with E-state index in [1.54, 1.807) is 12.4 Å². The Kier molecular flexibility index (Phi) is 3.19. The lowest BCUT2D eigenvalue weighted by Gasteiger charge is -2.10. The average Bonchev–Trinajstić information content (AvgIpc) is 2.65. The van der Waals surface area contributed by atoms with Crippen molar-refractivity contribution >= 4 is 27.3 Å². The Balaban J connectivity index is 2.36. The lowest BCUT2D eigenvalue weighted by Crippen LogP contribution is -2.00. The molecule has 0 fully saturated rings. The minimum Gasteiger partial charge on any atom is -0.383 e. The number of aromatic nitrogens is 1. The maximum absolute atomic E-state index is 10.1. The molecule has 2 aromatic rings. The van der Waals surface area contributed by atoms with Gasteiger partial charge in [-0.2, -0.15) is 0 Å². The van der Waals surface area contributed by atoms with Crippen LogP contribution in [0.15, 0.2) is 34.4 Å². The summed E-state index contributed by atoms with van der Waals surface area (Å²) in [4.78, 5) is 4.96. The number of hydrogen-bond donors (Lipinski definition) is 1. The molecule has 2 nitrogen and oxygen atoms in total. The second-order valence-corrected chi connectivity index (χ2v) is 5.77. The molecule has 0 radical (unpaired) electrons. The molecule has 2 heterocycles. The molecule has 0 saturated heterocycles. The zero-order valence-corrected chi connectivity index (χ0v) is 10.5. The van der Waals surface area contributed by atoms with E-state index < -0.39 is 6.10 Å². The van der Waals surface area contributed by atoms with Crippen molar-refractivity contribution in [3.8, 4) is 0 Å². The number of pyridine rings is 1. The third kappa shape index (κ3) is 2.27. The van der Waals surface area contributed by atoms with E-state index in [-0.39, 0.29) is 0 Å². The summed E-state index contributed by atoms with van der Waals surface area (Å²) in [7, 11) is 0. The predicted molar refractivity (Wildman–Crippen MR) is 65.1 cm³/mol. The molecule has 0 spiro atoms. The van der Waals surface area contributed by atoms with Gasteiger partial charge >= 0.3 is 0 Å². The zero-order valence-electron chi connectivity index (χ0n) is 8.14. The molecule has 1 N–H and O–H groups in total. The van der Waals surface area contributed by atoms with Gasteiger partial charge in [-0.25, -0.2) is 0 Å². The van der Waals surface area contributed by atoms with Crippen LogP contribution in [0.1, 0.15) is 22.1 Å². The molecular formula is C11H10BrNOS. The molecule has 2 rings (SSSR count). The molecule has 15 heavy (non-hydrogen) atoms. The van der Waals surface area contributed by atoms with Crippen LogP contribution >= 0.6 is 27.3 Å². The summed E-state index contributed by atoms with van der Waals surface area (Å²) in [6.07, 6.45) is 2.87. The van der Waals surface area contributed by atoms with Gasteiger partial charge in [-0.05, 0) is 46.6 Å². The van der Waals surface area contributed by atoms with E-state index in [0.717, 1.165) is 19.8 Å². The molecule has 0 aliphatic heterocycles. The maximum Gasteiger partial charge on any atom is 0.115 e. The standard InChI is InChI=1S/C11H10BrNOS/c1-7-4-5-13-6-8(7)11(14)9-2-3-10(12)15-9/h2-6,11,14H,1H3. The van der Waals surface area contributed by atoms with Crippen LogP contribution in [0.4, 0.5) is 0 Å². The Morgan fingerprint density at radius 1 is 1.40 bits per heavy atom. The monoisotopic (exact) mass is 283 g/mol. The Labute approximate surface area is 101 Å². The van der Waals surface area contributed by atoms with Crippen LogP contribution < -0.4 is 0 Å². The van der Waals surface area contributed by atoms with Crippen molar-refractivity contribution in [2.75, 3.05) is 0 Å². The number of hydrogen-bond acceptors (Lipinski definition) is 3. The molecular weight excluding hydrogens is 274 g/mol. The van der Waals surface area contributed by atoms with Gasteiger partial charge in [-0.3, -0.25) is 4.98 Å². The number of rotatable bonds is 2. The number of halogens is 1. The van der Waals surface area contributed by atoms with Gasteiger partial charge in [0.1, 0.15) is 6.10 Å². The van der Waals surface area contributed by atoms with Gasteiger partial charge in [0.05, 0.1) is 3.79 Å². The van der Waals surface area contributed by atoms with Gasteiger partial charge in [-0.15, -0.1) is 11.3 Å². The maximum atomic E-state index is 10.1. The third-order valence-corrected chi connectivity index (χ3v) is 3.91. The first-order chi connectivity index (χ1) is 7.18. The van der Waals surface area contributed by atoms with Crippen molar-refractivity contribution in [2.24, 2.45) is 0 Å². The van der Waals surface area contributed by atoms with Crippen molar-refractivity contribution in [1.82, 2.24) is 4.98 Å². The summed E-state index contributed by atoms with van der Waals surface area (Å²) in [5.74, 6) is 0. The van der Waals surface area contributed by atoms with Crippen LogP contribution in [0.5, 0.6) is 0 Å². The van der Waals surface area contributed by atoms with Crippen molar-refractivity contribution < 1.29 is 5.11 Å². The minimum atomic E-state index is -0.574. The van der Waals surface area contributed by atoms with E-state index in [2.05, 4.69) is 20.9 Å². The summed E-state index contributed by atoms with van der Waals surface area (Å²) in [5.41, 5.74) is 1.92. The smallest absolute Gasteiger partial charge is 0.115 e. The first-order valence-corrected chi connectivity index (χ1v) is 6.13. The summed E-state index contributed by atoms with van der Waals surface area (Å²) < 4.78 is 1.03. The molecule has 2 aromatic heterocycles. The molecule has 0 saturated carbocycles. The van der Waals surface area contributed by atoms with Crippen molar-refractivity contribution in [2.45, 2.75) is 13.0 Å². The SMILES string of the molecule is Cc1ccncc1C(O)c1ccc(Br)s1. The number of nitrogens with zero attached hydrogens (tertiary/aromatic N) is 1. The zero-order chi connectivity index (χ0) is 10.8. The minimum absolute atomic E-state index is 0.574. The van der Waals surface area contributed by atoms with E-state index >= 15 is 0 Å². The third-order valence-electron chi connectivity index (χ3n) is 2.24. The van der Waals surface area contributed by atoms with Gasteiger partial charge in [0.15, 0.2) is 0 Å². The largest absolute Gasteiger partial charge is 0.383 e.